The van der Waals surface area contributed by atoms with E-state index in [1.54, 1.807) is 0 Å². The number of halogens is 3. The zero-order chi connectivity index (χ0) is 14.0. The van der Waals surface area contributed by atoms with Crippen molar-refractivity contribution in [2.75, 3.05) is 7.11 Å². The summed E-state index contributed by atoms with van der Waals surface area (Å²) < 4.78 is 44.4. The van der Waals surface area contributed by atoms with Crippen molar-refractivity contribution in [1.29, 1.82) is 0 Å². The van der Waals surface area contributed by atoms with E-state index < -0.39 is 11.7 Å². The van der Waals surface area contributed by atoms with Crippen molar-refractivity contribution in [3.05, 3.63) is 36.7 Å². The first-order chi connectivity index (χ1) is 8.94. The summed E-state index contributed by atoms with van der Waals surface area (Å²) in [6.45, 7) is 3.48. The number of hydrogen-bond acceptors (Lipinski definition) is 3. The molecule has 1 aromatic heterocycles. The molecule has 0 fully saturated rings. The van der Waals surface area contributed by atoms with Crippen LogP contribution in [0.4, 0.5) is 13.2 Å². The predicted molar refractivity (Wildman–Crippen MR) is 63.4 cm³/mol. The minimum Gasteiger partial charge on any atom is -0.497 e. The van der Waals surface area contributed by atoms with E-state index in [2.05, 4.69) is 16.7 Å². The minimum atomic E-state index is -4.45. The third-order valence-corrected chi connectivity index (χ3v) is 2.42. The van der Waals surface area contributed by atoms with Gasteiger partial charge in [-0.25, -0.2) is 9.67 Å². The molecule has 4 nitrogen and oxygen atoms in total. The molecule has 2 aromatic rings. The quantitative estimate of drug-likeness (QED) is 0.859. The van der Waals surface area contributed by atoms with Gasteiger partial charge in [-0.15, -0.1) is 5.10 Å². The maximum Gasteiger partial charge on any atom is 0.416 e. The van der Waals surface area contributed by atoms with Gasteiger partial charge in [0.2, 0.25) is 0 Å². The molecule has 19 heavy (non-hydrogen) atoms. The number of ether oxygens (including phenoxy) is 1. The maximum absolute atomic E-state index is 12.8. The molecule has 0 unspecified atom stereocenters. The molecule has 2 rings (SSSR count). The number of methoxy groups -OCH3 is 1. The Morgan fingerprint density at radius 2 is 2.05 bits per heavy atom. The molecule has 0 bridgehead atoms. The zero-order valence-electron chi connectivity index (χ0n) is 9.98. The third-order valence-electron chi connectivity index (χ3n) is 2.42. The number of alkyl halides is 3. The van der Waals surface area contributed by atoms with Crippen molar-refractivity contribution in [3.63, 3.8) is 0 Å². The van der Waals surface area contributed by atoms with Crippen LogP contribution in [0.2, 0.25) is 0 Å². The maximum atomic E-state index is 12.8. The number of hydrogen-bond donors (Lipinski definition) is 0. The molecule has 100 valence electrons. The van der Waals surface area contributed by atoms with E-state index in [0.717, 1.165) is 12.1 Å². The molecule has 1 heterocycles. The standard InChI is InChI=1S/C12H10F3N3O/c1-3-18-7-16-11(17-18)8-4-9(12(13,14)15)6-10(5-8)19-2/h3-7H,1H2,2H3. The average molecular weight is 269 g/mol. The Morgan fingerprint density at radius 1 is 1.32 bits per heavy atom. The Morgan fingerprint density at radius 3 is 2.58 bits per heavy atom. The minimum absolute atomic E-state index is 0.0970. The second-order valence-corrected chi connectivity index (χ2v) is 3.68. The largest absolute Gasteiger partial charge is 0.497 e. The first-order valence-electron chi connectivity index (χ1n) is 5.24. The highest BCUT2D eigenvalue weighted by atomic mass is 19.4. The molecule has 0 aliphatic heterocycles. The van der Waals surface area contributed by atoms with Crippen molar-refractivity contribution in [2.24, 2.45) is 0 Å². The molecule has 0 radical (unpaired) electrons. The SMILES string of the molecule is C=Cn1cnc(-c2cc(OC)cc(C(F)(F)F)c2)n1. The van der Waals surface area contributed by atoms with Crippen LogP contribution in [0.3, 0.4) is 0 Å². The fourth-order valence-corrected chi connectivity index (χ4v) is 1.50. The van der Waals surface area contributed by atoms with Gasteiger partial charge in [-0.2, -0.15) is 13.2 Å². The van der Waals surface area contributed by atoms with Crippen molar-refractivity contribution in [3.8, 4) is 17.1 Å². The Hall–Kier alpha value is -2.31. The highest BCUT2D eigenvalue weighted by molar-refractivity contribution is 5.59. The van der Waals surface area contributed by atoms with E-state index in [-0.39, 0.29) is 17.1 Å². The molecule has 0 aliphatic carbocycles. The summed E-state index contributed by atoms with van der Waals surface area (Å²) in [6, 6.07) is 3.34. The topological polar surface area (TPSA) is 39.9 Å². The molecule has 0 atom stereocenters. The zero-order valence-corrected chi connectivity index (χ0v) is 9.98. The normalized spacial score (nSPS) is 11.4. The van der Waals surface area contributed by atoms with E-state index >= 15 is 0 Å². The monoisotopic (exact) mass is 269 g/mol. The first-order valence-corrected chi connectivity index (χ1v) is 5.24. The van der Waals surface area contributed by atoms with Crippen LogP contribution in [-0.4, -0.2) is 21.9 Å². The molecule has 0 spiro atoms. The van der Waals surface area contributed by atoms with Crippen LogP contribution >= 0.6 is 0 Å². The van der Waals surface area contributed by atoms with Crippen molar-refractivity contribution in [1.82, 2.24) is 14.8 Å². The summed E-state index contributed by atoms with van der Waals surface area (Å²) in [6.07, 6.45) is -1.71. The Kier molecular flexibility index (Phi) is 3.28. The molecular weight excluding hydrogens is 259 g/mol. The first kappa shape index (κ1) is 13.1. The summed E-state index contributed by atoms with van der Waals surface area (Å²) in [7, 11) is 1.30. The fourth-order valence-electron chi connectivity index (χ4n) is 1.50. The number of benzene rings is 1. The average Bonchev–Trinajstić information content (AvgIpc) is 2.86. The van der Waals surface area contributed by atoms with Crippen molar-refractivity contribution in [2.45, 2.75) is 6.18 Å². The van der Waals surface area contributed by atoms with Gasteiger partial charge in [-0.1, -0.05) is 6.58 Å². The van der Waals surface area contributed by atoms with E-state index in [0.29, 0.717) is 0 Å². The van der Waals surface area contributed by atoms with Gasteiger partial charge >= 0.3 is 6.18 Å². The molecule has 0 saturated heterocycles. The van der Waals surface area contributed by atoms with Crippen molar-refractivity contribution >= 4 is 6.20 Å². The second-order valence-electron chi connectivity index (χ2n) is 3.68. The van der Waals surface area contributed by atoms with Gasteiger partial charge in [-0.05, 0) is 18.2 Å². The van der Waals surface area contributed by atoms with Crippen LogP contribution in [0, 0.1) is 0 Å². The van der Waals surface area contributed by atoms with Gasteiger partial charge in [0.25, 0.3) is 0 Å². The van der Waals surface area contributed by atoms with Gasteiger partial charge < -0.3 is 4.74 Å². The van der Waals surface area contributed by atoms with E-state index in [9.17, 15) is 13.2 Å². The Bertz CT molecular complexity index is 605. The van der Waals surface area contributed by atoms with E-state index in [1.165, 1.54) is 30.4 Å². The van der Waals surface area contributed by atoms with E-state index in [1.807, 2.05) is 0 Å². The molecule has 1 aromatic carbocycles. The van der Waals surface area contributed by atoms with Crippen LogP contribution in [0.5, 0.6) is 5.75 Å². The molecule has 7 heteroatoms. The lowest BCUT2D eigenvalue weighted by atomic mass is 10.1. The molecule has 0 aliphatic rings. The Balaban J connectivity index is 2.53. The highest BCUT2D eigenvalue weighted by Crippen LogP contribution is 2.34. The summed E-state index contributed by atoms with van der Waals surface area (Å²) in [4.78, 5) is 3.91. The van der Waals surface area contributed by atoms with Crippen LogP contribution < -0.4 is 4.74 Å². The van der Waals surface area contributed by atoms with Gasteiger partial charge in [0.15, 0.2) is 5.82 Å². The lowest BCUT2D eigenvalue weighted by molar-refractivity contribution is -0.137. The summed E-state index contributed by atoms with van der Waals surface area (Å²) >= 11 is 0. The van der Waals surface area contributed by atoms with Gasteiger partial charge in [-0.3, -0.25) is 0 Å². The predicted octanol–water partition coefficient (Wildman–Crippen LogP) is 3.07. The lowest BCUT2D eigenvalue weighted by Gasteiger charge is -2.10. The number of aromatic nitrogens is 3. The Labute approximate surface area is 107 Å². The summed E-state index contributed by atoms with van der Waals surface area (Å²) in [5.74, 6) is 0.268. The molecule has 0 saturated carbocycles. The van der Waals surface area contributed by atoms with E-state index in [4.69, 9.17) is 4.74 Å². The van der Waals surface area contributed by atoms with Gasteiger partial charge in [0.05, 0.1) is 12.7 Å². The number of rotatable bonds is 3. The van der Waals surface area contributed by atoms with Crippen LogP contribution in [-0.2, 0) is 6.18 Å². The second kappa shape index (κ2) is 4.75. The van der Waals surface area contributed by atoms with Crippen LogP contribution in [0.1, 0.15) is 5.56 Å². The smallest absolute Gasteiger partial charge is 0.416 e. The lowest BCUT2D eigenvalue weighted by Crippen LogP contribution is -2.05. The molecular formula is C12H10F3N3O. The fraction of sp³-hybridized carbons (Fsp3) is 0.167. The van der Waals surface area contributed by atoms with Gasteiger partial charge in [0, 0.05) is 11.8 Å². The highest BCUT2D eigenvalue weighted by Gasteiger charge is 2.31. The van der Waals surface area contributed by atoms with Crippen LogP contribution in [0.25, 0.3) is 17.6 Å². The third kappa shape index (κ3) is 2.75. The molecule has 0 amide bonds. The number of nitrogens with zero attached hydrogens (tertiary/aromatic N) is 3. The molecule has 0 N–H and O–H groups in total. The van der Waals surface area contributed by atoms with Crippen molar-refractivity contribution < 1.29 is 17.9 Å². The summed E-state index contributed by atoms with van der Waals surface area (Å²) in [5, 5.41) is 3.96. The summed E-state index contributed by atoms with van der Waals surface area (Å²) in [5.41, 5.74) is -0.580. The van der Waals surface area contributed by atoms with Gasteiger partial charge in [0.1, 0.15) is 12.1 Å². The van der Waals surface area contributed by atoms with Crippen LogP contribution in [0.15, 0.2) is 31.1 Å².